The second kappa shape index (κ2) is 7.18. The van der Waals surface area contributed by atoms with E-state index in [-0.39, 0.29) is 23.0 Å². The molecule has 0 aromatic heterocycles. The summed E-state index contributed by atoms with van der Waals surface area (Å²) in [6.07, 6.45) is 0. The Balaban J connectivity index is 1.77. The summed E-state index contributed by atoms with van der Waals surface area (Å²) >= 11 is 6.45. The number of anilines is 1. The van der Waals surface area contributed by atoms with Gasteiger partial charge in [0.2, 0.25) is 0 Å². The summed E-state index contributed by atoms with van der Waals surface area (Å²) < 4.78 is 5.17. The van der Waals surface area contributed by atoms with E-state index in [4.69, 9.17) is 16.3 Å². The number of carbonyl (C=O) groups excluding carboxylic acids is 1. The highest BCUT2D eigenvalue weighted by Gasteiger charge is 2.28. The number of carbonyl (C=O) groups is 1. The van der Waals surface area contributed by atoms with Gasteiger partial charge in [-0.15, -0.1) is 0 Å². The van der Waals surface area contributed by atoms with E-state index < -0.39 is 0 Å². The Morgan fingerprint density at radius 1 is 1.00 bits per heavy atom. The molecule has 0 spiro atoms. The van der Waals surface area contributed by atoms with Crippen molar-refractivity contribution in [2.24, 2.45) is 0 Å². The highest BCUT2D eigenvalue weighted by Crippen LogP contribution is 2.42. The maximum atomic E-state index is 12.1. The van der Waals surface area contributed by atoms with Crippen LogP contribution in [-0.4, -0.2) is 23.2 Å². The van der Waals surface area contributed by atoms with E-state index in [1.54, 1.807) is 18.2 Å². The van der Waals surface area contributed by atoms with Crippen LogP contribution in [-0.2, 0) is 4.79 Å². The number of nitrogens with one attached hydrogen (secondary N) is 1. The van der Waals surface area contributed by atoms with Crippen LogP contribution < -0.4 is 10.1 Å². The molecule has 1 aliphatic rings. The van der Waals surface area contributed by atoms with Gasteiger partial charge in [0.1, 0.15) is 5.76 Å². The van der Waals surface area contributed by atoms with E-state index in [1.807, 2.05) is 36.4 Å². The summed E-state index contributed by atoms with van der Waals surface area (Å²) in [5, 5.41) is 23.5. The van der Waals surface area contributed by atoms with Crippen molar-refractivity contribution in [3.8, 4) is 33.8 Å². The SMILES string of the molecule is COc1cccc(-c2ccc(-c3cc4c(cc3Cl)NC(=O)/C4=C(\C)O)cc2)c1O. The van der Waals surface area contributed by atoms with Crippen LogP contribution in [0, 0.1) is 0 Å². The van der Waals surface area contributed by atoms with Gasteiger partial charge in [-0.2, -0.15) is 0 Å². The highest BCUT2D eigenvalue weighted by molar-refractivity contribution is 6.36. The van der Waals surface area contributed by atoms with Gasteiger partial charge in [0, 0.05) is 16.7 Å². The number of rotatable bonds is 3. The van der Waals surface area contributed by atoms with E-state index in [1.165, 1.54) is 14.0 Å². The first-order valence-electron chi connectivity index (χ1n) is 8.92. The van der Waals surface area contributed by atoms with Crippen LogP contribution in [0.1, 0.15) is 12.5 Å². The molecule has 0 bridgehead atoms. The Morgan fingerprint density at radius 3 is 2.28 bits per heavy atom. The fourth-order valence-corrected chi connectivity index (χ4v) is 3.79. The Hall–Kier alpha value is -3.44. The second-order valence-electron chi connectivity index (χ2n) is 6.73. The third kappa shape index (κ3) is 3.19. The first kappa shape index (κ1) is 18.9. The summed E-state index contributed by atoms with van der Waals surface area (Å²) in [7, 11) is 1.51. The monoisotopic (exact) mass is 407 g/mol. The first-order chi connectivity index (χ1) is 13.9. The normalized spacial score (nSPS) is 14.4. The molecule has 29 heavy (non-hydrogen) atoms. The summed E-state index contributed by atoms with van der Waals surface area (Å²) in [4.78, 5) is 12.1. The molecule has 1 heterocycles. The number of hydrogen-bond acceptors (Lipinski definition) is 4. The van der Waals surface area contributed by atoms with Gasteiger partial charge in [-0.3, -0.25) is 4.79 Å². The van der Waals surface area contributed by atoms with Crippen molar-refractivity contribution in [2.75, 3.05) is 12.4 Å². The number of allylic oxidation sites excluding steroid dienone is 1. The number of aromatic hydroxyl groups is 1. The van der Waals surface area contributed by atoms with E-state index in [9.17, 15) is 15.0 Å². The molecule has 0 radical (unpaired) electrons. The summed E-state index contributed by atoms with van der Waals surface area (Å²) in [6.45, 7) is 1.48. The van der Waals surface area contributed by atoms with Gasteiger partial charge in [-0.1, -0.05) is 48.0 Å². The lowest BCUT2D eigenvalue weighted by atomic mass is 9.96. The topological polar surface area (TPSA) is 78.8 Å². The molecular formula is C23H18ClNO4. The number of benzene rings is 3. The molecule has 146 valence electrons. The van der Waals surface area contributed by atoms with Crippen molar-refractivity contribution in [2.45, 2.75) is 6.92 Å². The fourth-order valence-electron chi connectivity index (χ4n) is 3.52. The van der Waals surface area contributed by atoms with Crippen LogP contribution in [0.15, 0.2) is 60.4 Å². The zero-order chi connectivity index (χ0) is 20.7. The molecule has 0 saturated carbocycles. The van der Waals surface area contributed by atoms with Crippen molar-refractivity contribution in [3.63, 3.8) is 0 Å². The molecule has 0 aliphatic carbocycles. The Morgan fingerprint density at radius 2 is 1.66 bits per heavy atom. The summed E-state index contributed by atoms with van der Waals surface area (Å²) in [5.74, 6) is 0.0932. The lowest BCUT2D eigenvalue weighted by Gasteiger charge is -2.11. The standard InChI is InChI=1S/C23H18ClNO4/c1-12(26)21-17-10-16(18(24)11-19(17)25-23(21)28)14-8-6-13(7-9-14)15-4-3-5-20(29-2)22(15)27/h3-11,26-27H,1-2H3,(H,25,28)/b21-12+. The molecule has 3 N–H and O–H groups in total. The average molecular weight is 408 g/mol. The van der Waals surface area contributed by atoms with Gasteiger partial charge < -0.3 is 20.3 Å². The molecule has 1 amide bonds. The van der Waals surface area contributed by atoms with Crippen molar-refractivity contribution < 1.29 is 19.7 Å². The quantitative estimate of drug-likeness (QED) is 0.388. The van der Waals surface area contributed by atoms with E-state index in [2.05, 4.69) is 5.32 Å². The molecule has 0 atom stereocenters. The molecule has 3 aromatic rings. The molecule has 4 rings (SSSR count). The van der Waals surface area contributed by atoms with Crippen LogP contribution in [0.3, 0.4) is 0 Å². The third-order valence-corrected chi connectivity index (χ3v) is 5.25. The first-order valence-corrected chi connectivity index (χ1v) is 9.30. The van der Waals surface area contributed by atoms with Crippen molar-refractivity contribution in [1.29, 1.82) is 0 Å². The van der Waals surface area contributed by atoms with Crippen LogP contribution >= 0.6 is 11.6 Å². The van der Waals surface area contributed by atoms with Crippen LogP contribution in [0.2, 0.25) is 5.02 Å². The van der Waals surface area contributed by atoms with Crippen molar-refractivity contribution >= 4 is 28.8 Å². The number of para-hydroxylation sites is 1. The lowest BCUT2D eigenvalue weighted by molar-refractivity contribution is -0.110. The Bertz CT molecular complexity index is 1160. The zero-order valence-electron chi connectivity index (χ0n) is 15.8. The number of aliphatic hydroxyl groups is 1. The number of ether oxygens (including phenoxy) is 1. The number of halogens is 1. The molecule has 0 unspecified atom stereocenters. The molecule has 0 fully saturated rings. The van der Waals surface area contributed by atoms with Gasteiger partial charge >= 0.3 is 0 Å². The van der Waals surface area contributed by atoms with Crippen LogP contribution in [0.4, 0.5) is 5.69 Å². The molecule has 6 heteroatoms. The minimum absolute atomic E-state index is 0.0432. The van der Waals surface area contributed by atoms with Gasteiger partial charge in [0.25, 0.3) is 5.91 Å². The lowest BCUT2D eigenvalue weighted by Crippen LogP contribution is -2.05. The molecule has 0 saturated heterocycles. The smallest absolute Gasteiger partial charge is 0.259 e. The largest absolute Gasteiger partial charge is 0.512 e. The molecule has 1 aliphatic heterocycles. The van der Waals surface area contributed by atoms with Gasteiger partial charge in [0.15, 0.2) is 11.5 Å². The highest BCUT2D eigenvalue weighted by atomic mass is 35.5. The predicted molar refractivity (Wildman–Crippen MR) is 114 cm³/mol. The van der Waals surface area contributed by atoms with E-state index in [0.717, 1.165) is 16.7 Å². The molecule has 3 aromatic carbocycles. The second-order valence-corrected chi connectivity index (χ2v) is 7.13. The number of aliphatic hydroxyl groups excluding tert-OH is 1. The molecule has 5 nitrogen and oxygen atoms in total. The number of phenols is 1. The zero-order valence-corrected chi connectivity index (χ0v) is 16.5. The van der Waals surface area contributed by atoms with E-state index >= 15 is 0 Å². The van der Waals surface area contributed by atoms with Gasteiger partial charge in [-0.05, 0) is 36.2 Å². The maximum Gasteiger partial charge on any atom is 0.259 e. The summed E-state index contributed by atoms with van der Waals surface area (Å²) in [6, 6.07) is 16.3. The number of phenolic OH excluding ortho intramolecular Hbond substituents is 1. The van der Waals surface area contributed by atoms with Crippen LogP contribution in [0.5, 0.6) is 11.5 Å². The minimum atomic E-state index is -0.350. The minimum Gasteiger partial charge on any atom is -0.512 e. The van der Waals surface area contributed by atoms with Crippen molar-refractivity contribution in [3.05, 3.63) is 70.9 Å². The maximum absolute atomic E-state index is 12.1. The number of methoxy groups -OCH3 is 1. The predicted octanol–water partition coefficient (Wildman–Crippen LogP) is 5.63. The average Bonchev–Trinajstić information content (AvgIpc) is 3.02. The fraction of sp³-hybridized carbons (Fsp3) is 0.0870. The third-order valence-electron chi connectivity index (χ3n) is 4.94. The number of fused-ring (bicyclic) bond motifs is 1. The Kier molecular flexibility index (Phi) is 4.68. The number of hydrogen-bond donors (Lipinski definition) is 3. The van der Waals surface area contributed by atoms with E-state index in [0.29, 0.717) is 27.6 Å². The van der Waals surface area contributed by atoms with Crippen molar-refractivity contribution in [1.82, 2.24) is 0 Å². The van der Waals surface area contributed by atoms with Crippen LogP contribution in [0.25, 0.3) is 27.8 Å². The Labute approximate surface area is 172 Å². The number of amides is 1. The van der Waals surface area contributed by atoms with Gasteiger partial charge in [-0.25, -0.2) is 0 Å². The summed E-state index contributed by atoms with van der Waals surface area (Å²) in [5.41, 5.74) is 4.50. The van der Waals surface area contributed by atoms with Gasteiger partial charge in [0.05, 0.1) is 23.4 Å². The molecular weight excluding hydrogens is 390 g/mol.